The molecule has 2 amide bonds. The Morgan fingerprint density at radius 3 is 2.70 bits per heavy atom. The van der Waals surface area contributed by atoms with Crippen LogP contribution in [-0.4, -0.2) is 60.6 Å². The highest BCUT2D eigenvalue weighted by atomic mass is 32.2. The van der Waals surface area contributed by atoms with Crippen molar-refractivity contribution in [2.45, 2.75) is 38.0 Å². The quantitative estimate of drug-likeness (QED) is 0.681. The van der Waals surface area contributed by atoms with Gasteiger partial charge in [0.1, 0.15) is 18.7 Å². The van der Waals surface area contributed by atoms with Gasteiger partial charge in [-0.3, -0.25) is 9.69 Å². The zero-order valence-electron chi connectivity index (χ0n) is 15.7. The summed E-state index contributed by atoms with van der Waals surface area (Å²) in [6.45, 7) is 0.614. The van der Waals surface area contributed by atoms with Crippen molar-refractivity contribution in [1.82, 2.24) is 10.2 Å². The van der Waals surface area contributed by atoms with Crippen molar-refractivity contribution in [3.63, 3.8) is 0 Å². The van der Waals surface area contributed by atoms with Gasteiger partial charge < -0.3 is 14.8 Å². The number of hydrogen-bond donors (Lipinski definition) is 1. The number of hydrogen-bond acceptors (Lipinski definition) is 6. The van der Waals surface area contributed by atoms with Crippen LogP contribution in [-0.2, 0) is 25.7 Å². The summed E-state index contributed by atoms with van der Waals surface area (Å²) in [7, 11) is 1.30. The first-order chi connectivity index (χ1) is 13.1. The van der Waals surface area contributed by atoms with Gasteiger partial charge in [-0.05, 0) is 36.8 Å². The van der Waals surface area contributed by atoms with Crippen LogP contribution < -0.4 is 5.32 Å². The Balaban J connectivity index is 1.93. The average Bonchev–Trinajstić information content (AvgIpc) is 3.19. The van der Waals surface area contributed by atoms with E-state index in [0.29, 0.717) is 31.6 Å². The molecule has 1 aromatic rings. The highest BCUT2D eigenvalue weighted by Gasteiger charge is 2.36. The topological polar surface area (TPSA) is 84.9 Å². The summed E-state index contributed by atoms with van der Waals surface area (Å²) < 4.78 is 10.1. The maximum absolute atomic E-state index is 12.7. The molecule has 1 N–H and O–H groups in total. The molecular formula is C19H26N2O5S. The average molecular weight is 394 g/mol. The smallest absolute Gasteiger partial charge is 0.410 e. The highest BCUT2D eigenvalue weighted by Crippen LogP contribution is 2.19. The number of methoxy groups -OCH3 is 1. The van der Waals surface area contributed by atoms with Gasteiger partial charge >= 0.3 is 12.1 Å². The van der Waals surface area contributed by atoms with Gasteiger partial charge in [0.15, 0.2) is 0 Å². The third kappa shape index (κ3) is 6.16. The third-order valence-corrected chi connectivity index (χ3v) is 5.05. The van der Waals surface area contributed by atoms with Crippen molar-refractivity contribution in [1.29, 1.82) is 0 Å². The molecule has 1 fully saturated rings. The van der Waals surface area contributed by atoms with Crippen molar-refractivity contribution in [3.8, 4) is 0 Å². The van der Waals surface area contributed by atoms with Crippen molar-refractivity contribution >= 4 is 29.7 Å². The molecule has 8 heteroatoms. The summed E-state index contributed by atoms with van der Waals surface area (Å²) in [6, 6.07) is 8.03. The molecule has 1 aromatic carbocycles. The lowest BCUT2D eigenvalue weighted by Crippen LogP contribution is -2.51. The summed E-state index contributed by atoms with van der Waals surface area (Å²) in [5.41, 5.74) is 0.883. The normalized spacial score (nSPS) is 17.3. The van der Waals surface area contributed by atoms with E-state index in [9.17, 15) is 14.4 Å². The predicted octanol–water partition coefficient (Wildman–Crippen LogP) is 2.20. The number of carbonyl (C=O) groups is 3. The van der Waals surface area contributed by atoms with Gasteiger partial charge in [-0.2, -0.15) is 11.8 Å². The molecule has 0 unspecified atom stereocenters. The molecule has 0 saturated carbocycles. The molecule has 27 heavy (non-hydrogen) atoms. The third-order valence-electron chi connectivity index (χ3n) is 4.41. The minimum Gasteiger partial charge on any atom is -0.467 e. The SMILES string of the molecule is COC(=O)[C@@H](CCSC)NC(=O)[C@H]1CCCN1C(=O)OCc1ccccc1. The molecular weight excluding hydrogens is 368 g/mol. The maximum Gasteiger partial charge on any atom is 0.410 e. The van der Waals surface area contributed by atoms with E-state index in [1.807, 2.05) is 36.6 Å². The van der Waals surface area contributed by atoms with Crippen molar-refractivity contribution in [2.75, 3.05) is 25.7 Å². The van der Waals surface area contributed by atoms with Gasteiger partial charge in [0.05, 0.1) is 7.11 Å². The van der Waals surface area contributed by atoms with Crippen molar-refractivity contribution in [2.24, 2.45) is 0 Å². The number of benzene rings is 1. The molecule has 1 saturated heterocycles. The Bertz CT molecular complexity index is 640. The summed E-state index contributed by atoms with van der Waals surface area (Å²) in [4.78, 5) is 38.4. The van der Waals surface area contributed by atoms with Gasteiger partial charge in [-0.1, -0.05) is 30.3 Å². The zero-order valence-corrected chi connectivity index (χ0v) is 16.5. The Kier molecular flexibility index (Phi) is 8.44. The van der Waals surface area contributed by atoms with Crippen LogP contribution in [0.2, 0.25) is 0 Å². The summed E-state index contributed by atoms with van der Waals surface area (Å²) >= 11 is 1.58. The Morgan fingerprint density at radius 2 is 2.04 bits per heavy atom. The monoisotopic (exact) mass is 394 g/mol. The molecule has 2 atom stereocenters. The second-order valence-corrected chi connectivity index (χ2v) is 7.24. The Morgan fingerprint density at radius 1 is 1.30 bits per heavy atom. The van der Waals surface area contributed by atoms with Gasteiger partial charge in [-0.15, -0.1) is 0 Å². The number of esters is 1. The number of rotatable bonds is 8. The number of nitrogens with zero attached hydrogens (tertiary/aromatic N) is 1. The zero-order chi connectivity index (χ0) is 19.6. The van der Waals surface area contributed by atoms with Gasteiger partial charge in [0.2, 0.25) is 5.91 Å². The van der Waals surface area contributed by atoms with Crippen LogP contribution in [0.25, 0.3) is 0 Å². The number of carbonyl (C=O) groups excluding carboxylic acids is 3. The Labute approximate surface area is 163 Å². The molecule has 1 heterocycles. The van der Waals surface area contributed by atoms with Crippen molar-refractivity contribution < 1.29 is 23.9 Å². The van der Waals surface area contributed by atoms with E-state index in [4.69, 9.17) is 9.47 Å². The summed E-state index contributed by atoms with van der Waals surface area (Å²) in [5, 5.41) is 2.73. The second kappa shape index (κ2) is 10.8. The lowest BCUT2D eigenvalue weighted by molar-refractivity contribution is -0.145. The van der Waals surface area contributed by atoms with Crippen molar-refractivity contribution in [3.05, 3.63) is 35.9 Å². The summed E-state index contributed by atoms with van der Waals surface area (Å²) in [5.74, 6) is -0.109. The lowest BCUT2D eigenvalue weighted by Gasteiger charge is -2.25. The predicted molar refractivity (Wildman–Crippen MR) is 103 cm³/mol. The summed E-state index contributed by atoms with van der Waals surface area (Å²) in [6.07, 6.45) is 3.15. The molecule has 0 aromatic heterocycles. The molecule has 0 spiro atoms. The first-order valence-electron chi connectivity index (χ1n) is 8.91. The Hall–Kier alpha value is -2.22. The fourth-order valence-corrected chi connectivity index (χ4v) is 3.43. The number of ether oxygens (including phenoxy) is 2. The van der Waals surface area contributed by atoms with Gasteiger partial charge in [0, 0.05) is 6.54 Å². The van der Waals surface area contributed by atoms with Crippen LogP contribution in [0.4, 0.5) is 4.79 Å². The fraction of sp³-hybridized carbons (Fsp3) is 0.526. The minimum atomic E-state index is -0.710. The number of likely N-dealkylation sites (tertiary alicyclic amines) is 1. The molecule has 0 aliphatic carbocycles. The van der Waals surface area contributed by atoms with E-state index in [1.54, 1.807) is 11.8 Å². The first-order valence-corrected chi connectivity index (χ1v) is 10.3. The number of amides is 2. The van der Waals surface area contributed by atoms with E-state index >= 15 is 0 Å². The maximum atomic E-state index is 12.7. The number of nitrogens with one attached hydrogen (secondary N) is 1. The van der Waals surface area contributed by atoms with Gasteiger partial charge in [-0.25, -0.2) is 9.59 Å². The van der Waals surface area contributed by atoms with Crippen LogP contribution in [0, 0.1) is 0 Å². The largest absolute Gasteiger partial charge is 0.467 e. The lowest BCUT2D eigenvalue weighted by atomic mass is 10.1. The van der Waals surface area contributed by atoms with Gasteiger partial charge in [0.25, 0.3) is 0 Å². The van der Waals surface area contributed by atoms with Crippen LogP contribution in [0.1, 0.15) is 24.8 Å². The van der Waals surface area contributed by atoms with E-state index in [2.05, 4.69) is 5.32 Å². The standard InChI is InChI=1S/C19H26N2O5S/c1-25-18(23)15(10-12-27-2)20-17(22)16-9-6-11-21(16)19(24)26-13-14-7-4-3-5-8-14/h3-5,7-8,15-16H,6,9-13H2,1-2H3,(H,20,22)/t15-,16-/m1/s1. The van der Waals surface area contributed by atoms with Crippen LogP contribution in [0.15, 0.2) is 30.3 Å². The van der Waals surface area contributed by atoms with Crippen LogP contribution in [0.5, 0.6) is 0 Å². The van der Waals surface area contributed by atoms with E-state index in [1.165, 1.54) is 12.0 Å². The van der Waals surface area contributed by atoms with E-state index in [0.717, 1.165) is 5.56 Å². The molecule has 7 nitrogen and oxygen atoms in total. The van der Waals surface area contributed by atoms with E-state index < -0.39 is 24.1 Å². The minimum absolute atomic E-state index is 0.156. The highest BCUT2D eigenvalue weighted by molar-refractivity contribution is 7.98. The van der Waals surface area contributed by atoms with Crippen LogP contribution >= 0.6 is 11.8 Å². The first kappa shape index (κ1) is 21.1. The molecule has 1 aliphatic rings. The van der Waals surface area contributed by atoms with Crippen LogP contribution in [0.3, 0.4) is 0 Å². The molecule has 1 aliphatic heterocycles. The second-order valence-electron chi connectivity index (χ2n) is 6.26. The van der Waals surface area contributed by atoms with E-state index in [-0.39, 0.29) is 12.5 Å². The molecule has 148 valence electrons. The molecule has 2 rings (SSSR count). The molecule has 0 radical (unpaired) electrons. The molecule has 0 bridgehead atoms. The fourth-order valence-electron chi connectivity index (χ4n) is 2.95. The number of thioether (sulfide) groups is 1.